The largest absolute Gasteiger partial charge is 0.379 e. The Labute approximate surface area is 128 Å². The molecular weight excluding hydrogens is 268 g/mol. The van der Waals surface area contributed by atoms with Gasteiger partial charge in [0.2, 0.25) is 11.8 Å². The van der Waals surface area contributed by atoms with Gasteiger partial charge in [-0.2, -0.15) is 0 Å². The van der Waals surface area contributed by atoms with E-state index in [-0.39, 0.29) is 25.0 Å². The fraction of sp³-hybridized carbons (Fsp3) is 0.750. The highest BCUT2D eigenvalue weighted by Gasteiger charge is 2.31. The predicted molar refractivity (Wildman–Crippen MR) is 84.9 cm³/mol. The molecule has 0 saturated carbocycles. The summed E-state index contributed by atoms with van der Waals surface area (Å²) < 4.78 is 5.62. The topological polar surface area (TPSA) is 67.4 Å². The van der Waals surface area contributed by atoms with Gasteiger partial charge in [-0.05, 0) is 34.1 Å². The lowest BCUT2D eigenvalue weighted by Gasteiger charge is -2.27. The van der Waals surface area contributed by atoms with Crippen molar-refractivity contribution in [2.45, 2.75) is 41.0 Å². The molecule has 122 valence electrons. The number of nitrogens with one attached hydrogen (secondary N) is 2. The van der Waals surface area contributed by atoms with E-state index < -0.39 is 10.8 Å². The second-order valence-electron chi connectivity index (χ2n) is 6.52. The zero-order valence-corrected chi connectivity index (χ0v) is 14.0. The maximum absolute atomic E-state index is 12.0. The van der Waals surface area contributed by atoms with Crippen LogP contribution in [0.15, 0.2) is 12.7 Å². The zero-order valence-electron chi connectivity index (χ0n) is 14.0. The molecule has 5 nitrogen and oxygen atoms in total. The van der Waals surface area contributed by atoms with E-state index in [2.05, 4.69) is 17.2 Å². The van der Waals surface area contributed by atoms with Gasteiger partial charge in [0.05, 0.1) is 24.0 Å². The lowest BCUT2D eigenvalue weighted by Crippen LogP contribution is -2.43. The molecule has 0 radical (unpaired) electrons. The van der Waals surface area contributed by atoms with E-state index in [1.54, 1.807) is 6.08 Å². The van der Waals surface area contributed by atoms with E-state index >= 15 is 0 Å². The third-order valence-corrected chi connectivity index (χ3v) is 3.10. The molecule has 2 amide bonds. The summed E-state index contributed by atoms with van der Waals surface area (Å²) in [5, 5.41) is 5.62. The van der Waals surface area contributed by atoms with Gasteiger partial charge in [-0.15, -0.1) is 6.58 Å². The fourth-order valence-electron chi connectivity index (χ4n) is 1.57. The summed E-state index contributed by atoms with van der Waals surface area (Å²) in [5.74, 6) is -0.117. The van der Waals surface area contributed by atoms with Gasteiger partial charge in [0.25, 0.3) is 0 Å². The smallest absolute Gasteiger partial charge is 0.228 e. The molecule has 0 saturated heterocycles. The van der Waals surface area contributed by atoms with Crippen molar-refractivity contribution >= 4 is 11.8 Å². The van der Waals surface area contributed by atoms with Crippen LogP contribution >= 0.6 is 0 Å². The van der Waals surface area contributed by atoms with Crippen LogP contribution in [-0.2, 0) is 14.3 Å². The van der Waals surface area contributed by atoms with Crippen LogP contribution in [0.5, 0.6) is 0 Å². The van der Waals surface area contributed by atoms with Crippen LogP contribution in [0.1, 0.15) is 41.0 Å². The van der Waals surface area contributed by atoms with E-state index in [0.717, 1.165) is 6.42 Å². The van der Waals surface area contributed by atoms with Gasteiger partial charge in [-0.3, -0.25) is 9.59 Å². The summed E-state index contributed by atoms with van der Waals surface area (Å²) in [6.07, 6.45) is 2.54. The first-order valence-corrected chi connectivity index (χ1v) is 7.42. The van der Waals surface area contributed by atoms with Crippen LogP contribution in [0.4, 0.5) is 0 Å². The molecule has 0 aliphatic rings. The lowest BCUT2D eigenvalue weighted by atomic mass is 9.91. The predicted octanol–water partition coefficient (Wildman–Crippen LogP) is 1.88. The molecule has 0 aromatic rings. The van der Waals surface area contributed by atoms with Gasteiger partial charge >= 0.3 is 0 Å². The van der Waals surface area contributed by atoms with Crippen molar-refractivity contribution in [3.8, 4) is 0 Å². The molecule has 0 aliphatic heterocycles. The monoisotopic (exact) mass is 298 g/mol. The van der Waals surface area contributed by atoms with Crippen LogP contribution in [0.3, 0.4) is 0 Å². The molecule has 0 aliphatic carbocycles. The third-order valence-electron chi connectivity index (χ3n) is 3.10. The molecule has 5 heteroatoms. The standard InChI is InChI=1S/C16H30N2O3/c1-7-9-17-13(19)15(3,4)11-21-12-16(5,6)14(20)18-10-8-2/h7H,1,8-12H2,2-6H3,(H,17,19)(H,18,20). The average molecular weight is 298 g/mol. The molecule has 0 rings (SSSR count). The first-order chi connectivity index (χ1) is 9.67. The molecule has 0 bridgehead atoms. The number of ether oxygens (including phenoxy) is 1. The highest BCUT2D eigenvalue weighted by Crippen LogP contribution is 2.20. The van der Waals surface area contributed by atoms with E-state index in [1.807, 2.05) is 34.6 Å². The third kappa shape index (κ3) is 7.27. The number of carbonyl (C=O) groups is 2. The van der Waals surface area contributed by atoms with Crippen molar-refractivity contribution in [1.82, 2.24) is 10.6 Å². The van der Waals surface area contributed by atoms with Crippen LogP contribution in [-0.4, -0.2) is 38.1 Å². The van der Waals surface area contributed by atoms with Gasteiger partial charge in [0.1, 0.15) is 0 Å². The van der Waals surface area contributed by atoms with Gasteiger partial charge < -0.3 is 15.4 Å². The summed E-state index contributed by atoms with van der Waals surface area (Å²) in [6, 6.07) is 0. The molecule has 0 aromatic heterocycles. The summed E-state index contributed by atoms with van der Waals surface area (Å²) in [4.78, 5) is 23.9. The van der Waals surface area contributed by atoms with E-state index in [4.69, 9.17) is 4.74 Å². The number of hydrogen-bond donors (Lipinski definition) is 2. The quantitative estimate of drug-likeness (QED) is 0.605. The molecule has 0 fully saturated rings. The second-order valence-corrected chi connectivity index (χ2v) is 6.52. The number of rotatable bonds is 10. The minimum absolute atomic E-state index is 0.0294. The molecule has 0 unspecified atom stereocenters. The Bertz CT molecular complexity index is 363. The van der Waals surface area contributed by atoms with Gasteiger partial charge in [-0.25, -0.2) is 0 Å². The Morgan fingerprint density at radius 2 is 1.52 bits per heavy atom. The van der Waals surface area contributed by atoms with Crippen LogP contribution in [0, 0.1) is 10.8 Å². The van der Waals surface area contributed by atoms with Gasteiger partial charge in [0, 0.05) is 13.1 Å². The summed E-state index contributed by atoms with van der Waals surface area (Å²) in [5.41, 5.74) is -1.25. The number of carbonyl (C=O) groups excluding carboxylic acids is 2. The number of hydrogen-bond acceptors (Lipinski definition) is 3. The minimum Gasteiger partial charge on any atom is -0.379 e. The molecule has 21 heavy (non-hydrogen) atoms. The maximum atomic E-state index is 12.0. The Kier molecular flexibility index (Phi) is 8.25. The van der Waals surface area contributed by atoms with Crippen molar-refractivity contribution in [1.29, 1.82) is 0 Å². The SMILES string of the molecule is C=CCNC(=O)C(C)(C)COCC(C)(C)C(=O)NCCC. The van der Waals surface area contributed by atoms with Crippen LogP contribution in [0.2, 0.25) is 0 Å². The zero-order chi connectivity index (χ0) is 16.5. The Morgan fingerprint density at radius 3 is 1.95 bits per heavy atom. The highest BCUT2D eigenvalue weighted by atomic mass is 16.5. The summed E-state index contributed by atoms with van der Waals surface area (Å²) in [6.45, 7) is 14.5. The van der Waals surface area contributed by atoms with Crippen molar-refractivity contribution in [2.75, 3.05) is 26.3 Å². The van der Waals surface area contributed by atoms with Crippen molar-refractivity contribution in [3.05, 3.63) is 12.7 Å². The highest BCUT2D eigenvalue weighted by molar-refractivity contribution is 5.82. The average Bonchev–Trinajstić information content (AvgIpc) is 2.41. The molecule has 0 aromatic carbocycles. The molecule has 0 atom stereocenters. The maximum Gasteiger partial charge on any atom is 0.228 e. The Morgan fingerprint density at radius 1 is 1.05 bits per heavy atom. The van der Waals surface area contributed by atoms with Gasteiger partial charge in [-0.1, -0.05) is 13.0 Å². The van der Waals surface area contributed by atoms with Gasteiger partial charge in [0.15, 0.2) is 0 Å². The normalized spacial score (nSPS) is 11.9. The van der Waals surface area contributed by atoms with Crippen molar-refractivity contribution in [2.24, 2.45) is 10.8 Å². The second kappa shape index (κ2) is 8.82. The van der Waals surface area contributed by atoms with E-state index in [0.29, 0.717) is 13.1 Å². The first-order valence-electron chi connectivity index (χ1n) is 7.42. The summed E-state index contributed by atoms with van der Waals surface area (Å²) >= 11 is 0. The van der Waals surface area contributed by atoms with Crippen LogP contribution in [0.25, 0.3) is 0 Å². The fourth-order valence-corrected chi connectivity index (χ4v) is 1.57. The molecule has 2 N–H and O–H groups in total. The first kappa shape index (κ1) is 19.6. The number of amides is 2. The molecule has 0 spiro atoms. The van der Waals surface area contributed by atoms with E-state index in [1.165, 1.54) is 0 Å². The van der Waals surface area contributed by atoms with Crippen molar-refractivity contribution in [3.63, 3.8) is 0 Å². The molecule has 0 heterocycles. The summed E-state index contributed by atoms with van der Waals surface area (Å²) in [7, 11) is 0. The Balaban J connectivity index is 4.29. The Hall–Kier alpha value is -1.36. The van der Waals surface area contributed by atoms with E-state index in [9.17, 15) is 9.59 Å². The lowest BCUT2D eigenvalue weighted by molar-refractivity contribution is -0.136. The van der Waals surface area contributed by atoms with Crippen LogP contribution < -0.4 is 10.6 Å². The van der Waals surface area contributed by atoms with Crippen molar-refractivity contribution < 1.29 is 14.3 Å². The minimum atomic E-state index is -0.640. The molecular formula is C16H30N2O3.